The minimum absolute atomic E-state index is 0.0960. The quantitative estimate of drug-likeness (QED) is 0.604. The van der Waals surface area contributed by atoms with E-state index in [0.29, 0.717) is 12.5 Å². The van der Waals surface area contributed by atoms with Gasteiger partial charge in [0.1, 0.15) is 6.10 Å². The number of hydrogen-bond acceptors (Lipinski definition) is 4. The summed E-state index contributed by atoms with van der Waals surface area (Å²) in [7, 11) is 0. The lowest BCUT2D eigenvalue weighted by Gasteiger charge is -2.16. The van der Waals surface area contributed by atoms with Crippen molar-refractivity contribution in [1.29, 1.82) is 0 Å². The molecule has 0 aromatic heterocycles. The lowest BCUT2D eigenvalue weighted by molar-refractivity contribution is -0.155. The van der Waals surface area contributed by atoms with Crippen LogP contribution >= 0.6 is 0 Å². The van der Waals surface area contributed by atoms with Crippen LogP contribution in [0.25, 0.3) is 0 Å². The Labute approximate surface area is 116 Å². The third-order valence-electron chi connectivity index (χ3n) is 3.42. The maximum atomic E-state index is 11.5. The van der Waals surface area contributed by atoms with Gasteiger partial charge in [-0.05, 0) is 18.8 Å². The highest BCUT2D eigenvalue weighted by Crippen LogP contribution is 2.10. The maximum Gasteiger partial charge on any atom is 0.306 e. The fourth-order valence-electron chi connectivity index (χ4n) is 1.41. The van der Waals surface area contributed by atoms with E-state index in [1.165, 1.54) is 0 Å². The van der Waals surface area contributed by atoms with Gasteiger partial charge in [-0.3, -0.25) is 9.59 Å². The van der Waals surface area contributed by atoms with Gasteiger partial charge in [0.2, 0.25) is 0 Å². The van der Waals surface area contributed by atoms with E-state index < -0.39 is 0 Å². The van der Waals surface area contributed by atoms with Gasteiger partial charge < -0.3 is 9.47 Å². The molecule has 1 atom stereocenters. The molecule has 0 aliphatic heterocycles. The van der Waals surface area contributed by atoms with Crippen molar-refractivity contribution < 1.29 is 19.1 Å². The molecule has 0 bridgehead atoms. The summed E-state index contributed by atoms with van der Waals surface area (Å²) in [6.45, 7) is 10.4. The lowest BCUT2D eigenvalue weighted by Crippen LogP contribution is -2.21. The molecule has 0 aromatic rings. The van der Waals surface area contributed by atoms with Crippen molar-refractivity contribution in [3.05, 3.63) is 0 Å². The Morgan fingerprint density at radius 2 is 1.47 bits per heavy atom. The van der Waals surface area contributed by atoms with Gasteiger partial charge in [0.25, 0.3) is 0 Å². The largest absolute Gasteiger partial charge is 0.465 e. The monoisotopic (exact) mass is 272 g/mol. The second-order valence-corrected chi connectivity index (χ2v) is 5.30. The summed E-state index contributed by atoms with van der Waals surface area (Å²) in [5.41, 5.74) is 0. The minimum atomic E-state index is -0.333. The van der Waals surface area contributed by atoms with Crippen molar-refractivity contribution in [2.45, 2.75) is 66.4 Å². The van der Waals surface area contributed by atoms with E-state index in [-0.39, 0.29) is 36.8 Å². The molecule has 0 spiro atoms. The SMILES string of the molecule is CCC(CC)COC(=O)CCC(=O)OC(C)C(C)C. The van der Waals surface area contributed by atoms with E-state index in [9.17, 15) is 9.59 Å². The van der Waals surface area contributed by atoms with Gasteiger partial charge in [0, 0.05) is 0 Å². The Hall–Kier alpha value is -1.06. The smallest absolute Gasteiger partial charge is 0.306 e. The number of carbonyl (C=O) groups is 2. The molecule has 0 aliphatic carbocycles. The summed E-state index contributed by atoms with van der Waals surface area (Å²) in [4.78, 5) is 23.0. The summed E-state index contributed by atoms with van der Waals surface area (Å²) in [5.74, 6) is 0.0457. The molecule has 4 heteroatoms. The van der Waals surface area contributed by atoms with Crippen LogP contribution in [-0.2, 0) is 19.1 Å². The van der Waals surface area contributed by atoms with Crippen LogP contribution in [0.4, 0.5) is 0 Å². The summed E-state index contributed by atoms with van der Waals surface area (Å²) in [6.07, 6.45) is 2.08. The van der Waals surface area contributed by atoms with Gasteiger partial charge in [-0.25, -0.2) is 0 Å². The molecule has 0 N–H and O–H groups in total. The van der Waals surface area contributed by atoms with Crippen LogP contribution in [0.2, 0.25) is 0 Å². The molecule has 4 nitrogen and oxygen atoms in total. The van der Waals surface area contributed by atoms with Gasteiger partial charge >= 0.3 is 11.9 Å². The second kappa shape index (κ2) is 9.82. The second-order valence-electron chi connectivity index (χ2n) is 5.30. The number of ether oxygens (including phenoxy) is 2. The zero-order valence-electron chi connectivity index (χ0n) is 12.9. The Kier molecular flexibility index (Phi) is 9.27. The molecular weight excluding hydrogens is 244 g/mol. The van der Waals surface area contributed by atoms with Crippen LogP contribution in [0.5, 0.6) is 0 Å². The molecule has 0 rings (SSSR count). The Bertz CT molecular complexity index is 269. The zero-order chi connectivity index (χ0) is 14.8. The highest BCUT2D eigenvalue weighted by molar-refractivity contribution is 5.77. The van der Waals surface area contributed by atoms with Crippen LogP contribution in [0.3, 0.4) is 0 Å². The first-order chi connectivity index (χ1) is 8.90. The van der Waals surface area contributed by atoms with Gasteiger partial charge in [-0.1, -0.05) is 40.5 Å². The normalized spacial score (nSPS) is 12.6. The molecule has 0 fully saturated rings. The summed E-state index contributed by atoms with van der Waals surface area (Å²) in [6, 6.07) is 0. The highest BCUT2D eigenvalue weighted by atomic mass is 16.5. The Morgan fingerprint density at radius 3 is 1.95 bits per heavy atom. The zero-order valence-corrected chi connectivity index (χ0v) is 12.9. The van der Waals surface area contributed by atoms with E-state index in [0.717, 1.165) is 12.8 Å². The first-order valence-electron chi connectivity index (χ1n) is 7.25. The lowest BCUT2D eigenvalue weighted by atomic mass is 10.1. The van der Waals surface area contributed by atoms with E-state index in [4.69, 9.17) is 9.47 Å². The van der Waals surface area contributed by atoms with E-state index in [1.807, 2.05) is 20.8 Å². The number of esters is 2. The van der Waals surface area contributed by atoms with Crippen molar-refractivity contribution in [2.75, 3.05) is 6.61 Å². The van der Waals surface area contributed by atoms with E-state index >= 15 is 0 Å². The standard InChI is InChI=1S/C15H28O4/c1-6-13(7-2)10-18-14(16)8-9-15(17)19-12(5)11(3)4/h11-13H,6-10H2,1-5H3. The molecule has 19 heavy (non-hydrogen) atoms. The number of hydrogen-bond donors (Lipinski definition) is 0. The van der Waals surface area contributed by atoms with Gasteiger partial charge in [-0.15, -0.1) is 0 Å². The molecule has 0 saturated carbocycles. The molecule has 112 valence electrons. The van der Waals surface area contributed by atoms with E-state index in [2.05, 4.69) is 13.8 Å². The summed E-state index contributed by atoms with van der Waals surface area (Å²) in [5, 5.41) is 0. The molecule has 0 aromatic carbocycles. The van der Waals surface area contributed by atoms with Gasteiger partial charge in [-0.2, -0.15) is 0 Å². The van der Waals surface area contributed by atoms with Crippen LogP contribution in [-0.4, -0.2) is 24.6 Å². The van der Waals surface area contributed by atoms with Gasteiger partial charge in [0.15, 0.2) is 0 Å². The molecule has 0 radical (unpaired) electrons. The minimum Gasteiger partial charge on any atom is -0.465 e. The first kappa shape index (κ1) is 17.9. The average molecular weight is 272 g/mol. The Morgan fingerprint density at radius 1 is 0.947 bits per heavy atom. The first-order valence-corrected chi connectivity index (χ1v) is 7.25. The third-order valence-corrected chi connectivity index (χ3v) is 3.42. The molecule has 1 unspecified atom stereocenters. The predicted octanol–water partition coefficient (Wildman–Crippen LogP) is 3.33. The van der Waals surface area contributed by atoms with Crippen molar-refractivity contribution in [3.8, 4) is 0 Å². The maximum absolute atomic E-state index is 11.5. The molecule has 0 aliphatic rings. The summed E-state index contributed by atoms with van der Waals surface area (Å²) >= 11 is 0. The van der Waals surface area contributed by atoms with Crippen LogP contribution in [0.1, 0.15) is 60.3 Å². The van der Waals surface area contributed by atoms with Crippen molar-refractivity contribution >= 4 is 11.9 Å². The fourth-order valence-corrected chi connectivity index (χ4v) is 1.41. The van der Waals surface area contributed by atoms with Crippen LogP contribution in [0.15, 0.2) is 0 Å². The number of rotatable bonds is 9. The predicted molar refractivity (Wildman–Crippen MR) is 74.7 cm³/mol. The molecule has 0 saturated heterocycles. The fraction of sp³-hybridized carbons (Fsp3) is 0.867. The summed E-state index contributed by atoms with van der Waals surface area (Å²) < 4.78 is 10.3. The Balaban J connectivity index is 3.81. The molecular formula is C15H28O4. The average Bonchev–Trinajstić information content (AvgIpc) is 2.37. The van der Waals surface area contributed by atoms with Crippen LogP contribution in [0, 0.1) is 11.8 Å². The van der Waals surface area contributed by atoms with Crippen molar-refractivity contribution in [2.24, 2.45) is 11.8 Å². The molecule has 0 amide bonds. The van der Waals surface area contributed by atoms with Crippen LogP contribution < -0.4 is 0 Å². The van der Waals surface area contributed by atoms with Crippen molar-refractivity contribution in [3.63, 3.8) is 0 Å². The van der Waals surface area contributed by atoms with Gasteiger partial charge in [0.05, 0.1) is 19.4 Å². The highest BCUT2D eigenvalue weighted by Gasteiger charge is 2.15. The van der Waals surface area contributed by atoms with Crippen molar-refractivity contribution in [1.82, 2.24) is 0 Å². The van der Waals surface area contributed by atoms with E-state index in [1.54, 1.807) is 0 Å². The third kappa shape index (κ3) is 8.62. The topological polar surface area (TPSA) is 52.6 Å². The molecule has 0 heterocycles. The number of carbonyl (C=O) groups excluding carboxylic acids is 2.